The highest BCUT2D eigenvalue weighted by atomic mass is 16.2. The molecule has 118 valence electrons. The second-order valence-corrected chi connectivity index (χ2v) is 6.63. The molecule has 2 N–H and O–H groups in total. The van der Waals surface area contributed by atoms with Crippen LogP contribution in [-0.4, -0.2) is 56.0 Å². The van der Waals surface area contributed by atoms with Gasteiger partial charge in [-0.15, -0.1) is 0 Å². The Balaban J connectivity index is 2.58. The van der Waals surface area contributed by atoms with Crippen LogP contribution in [0.2, 0.25) is 0 Å². The molecule has 4 heteroatoms. The molecule has 20 heavy (non-hydrogen) atoms. The molecule has 1 fully saturated rings. The minimum atomic E-state index is 0.0828. The van der Waals surface area contributed by atoms with E-state index in [0.29, 0.717) is 18.9 Å². The molecule has 1 aliphatic rings. The zero-order chi connectivity index (χ0) is 15.0. The van der Waals surface area contributed by atoms with Crippen LogP contribution in [0.4, 0.5) is 0 Å². The van der Waals surface area contributed by atoms with E-state index in [9.17, 15) is 4.79 Å². The van der Waals surface area contributed by atoms with Gasteiger partial charge in [0.05, 0.1) is 0 Å². The third kappa shape index (κ3) is 5.41. The first-order chi connectivity index (χ1) is 9.53. The molecule has 0 aromatic rings. The topological polar surface area (TPSA) is 49.6 Å². The van der Waals surface area contributed by atoms with E-state index < -0.39 is 0 Å². The van der Waals surface area contributed by atoms with Gasteiger partial charge in [0, 0.05) is 26.1 Å². The van der Waals surface area contributed by atoms with Gasteiger partial charge in [0.1, 0.15) is 0 Å². The summed E-state index contributed by atoms with van der Waals surface area (Å²) in [4.78, 5) is 16.8. The van der Waals surface area contributed by atoms with Crippen LogP contribution in [-0.2, 0) is 4.79 Å². The smallest absolute Gasteiger partial charge is 0.223 e. The molecular formula is C16H33N3O. The van der Waals surface area contributed by atoms with Gasteiger partial charge in [0.15, 0.2) is 0 Å². The van der Waals surface area contributed by atoms with Gasteiger partial charge < -0.3 is 15.5 Å². The zero-order valence-electron chi connectivity index (χ0n) is 13.7. The number of carbonyl (C=O) groups is 1. The van der Waals surface area contributed by atoms with Gasteiger partial charge in [-0.2, -0.15) is 0 Å². The molecule has 1 saturated carbocycles. The average molecular weight is 283 g/mol. The fraction of sp³-hybridized carbons (Fsp3) is 0.938. The third-order valence-corrected chi connectivity index (χ3v) is 4.54. The highest BCUT2D eigenvalue weighted by Crippen LogP contribution is 2.38. The SMILES string of the molecule is CCCN(CCN(C)C)C(=O)CC1(CN)CCCCC1. The number of nitrogens with two attached hydrogens (primary N) is 1. The maximum atomic E-state index is 12.6. The molecule has 0 heterocycles. The maximum absolute atomic E-state index is 12.6. The van der Waals surface area contributed by atoms with Crippen molar-refractivity contribution in [2.45, 2.75) is 51.9 Å². The summed E-state index contributed by atoms with van der Waals surface area (Å²) in [6, 6.07) is 0. The largest absolute Gasteiger partial charge is 0.341 e. The van der Waals surface area contributed by atoms with Crippen LogP contribution in [0.1, 0.15) is 51.9 Å². The lowest BCUT2D eigenvalue weighted by molar-refractivity contribution is -0.134. The Morgan fingerprint density at radius 2 is 1.75 bits per heavy atom. The van der Waals surface area contributed by atoms with Crippen molar-refractivity contribution in [3.8, 4) is 0 Å². The van der Waals surface area contributed by atoms with Crippen LogP contribution in [0, 0.1) is 5.41 Å². The monoisotopic (exact) mass is 283 g/mol. The predicted octanol–water partition coefficient (Wildman–Crippen LogP) is 2.09. The summed E-state index contributed by atoms with van der Waals surface area (Å²) in [6.07, 6.45) is 7.69. The van der Waals surface area contributed by atoms with E-state index in [1.165, 1.54) is 19.3 Å². The van der Waals surface area contributed by atoms with E-state index in [1.807, 2.05) is 4.90 Å². The van der Waals surface area contributed by atoms with Crippen LogP contribution in [0.15, 0.2) is 0 Å². The molecule has 0 radical (unpaired) electrons. The number of likely N-dealkylation sites (N-methyl/N-ethyl adjacent to an activating group) is 1. The first kappa shape index (κ1) is 17.4. The van der Waals surface area contributed by atoms with Crippen molar-refractivity contribution in [1.29, 1.82) is 0 Å². The van der Waals surface area contributed by atoms with Crippen molar-refractivity contribution < 1.29 is 4.79 Å². The van der Waals surface area contributed by atoms with Gasteiger partial charge in [-0.3, -0.25) is 4.79 Å². The molecule has 1 aliphatic carbocycles. The molecule has 0 aliphatic heterocycles. The lowest BCUT2D eigenvalue weighted by Gasteiger charge is -2.37. The van der Waals surface area contributed by atoms with E-state index in [-0.39, 0.29) is 5.41 Å². The normalized spacial score (nSPS) is 18.2. The summed E-state index contributed by atoms with van der Waals surface area (Å²) in [7, 11) is 4.11. The van der Waals surface area contributed by atoms with Crippen molar-refractivity contribution in [3.63, 3.8) is 0 Å². The first-order valence-electron chi connectivity index (χ1n) is 8.15. The van der Waals surface area contributed by atoms with Crippen molar-refractivity contribution >= 4 is 5.91 Å². The number of nitrogens with zero attached hydrogens (tertiary/aromatic N) is 2. The quantitative estimate of drug-likeness (QED) is 0.742. The Kier molecular flexibility index (Phi) is 7.52. The molecule has 0 spiro atoms. The van der Waals surface area contributed by atoms with Gasteiger partial charge in [-0.25, -0.2) is 0 Å². The Hall–Kier alpha value is -0.610. The van der Waals surface area contributed by atoms with Crippen LogP contribution in [0.5, 0.6) is 0 Å². The molecule has 0 unspecified atom stereocenters. The molecule has 0 saturated heterocycles. The number of rotatable bonds is 8. The lowest BCUT2D eigenvalue weighted by Crippen LogP contribution is -2.42. The van der Waals surface area contributed by atoms with Crippen LogP contribution < -0.4 is 5.73 Å². The summed E-state index contributed by atoms with van der Waals surface area (Å²) >= 11 is 0. The molecule has 0 bridgehead atoms. The molecular weight excluding hydrogens is 250 g/mol. The maximum Gasteiger partial charge on any atom is 0.223 e. The Labute approximate surface area is 124 Å². The fourth-order valence-corrected chi connectivity index (χ4v) is 3.14. The van der Waals surface area contributed by atoms with Gasteiger partial charge in [0.2, 0.25) is 5.91 Å². The van der Waals surface area contributed by atoms with Crippen LogP contribution in [0.3, 0.4) is 0 Å². The molecule has 0 aromatic carbocycles. The third-order valence-electron chi connectivity index (χ3n) is 4.54. The second kappa shape index (κ2) is 8.63. The molecule has 1 rings (SSSR count). The van der Waals surface area contributed by atoms with Crippen LogP contribution >= 0.6 is 0 Å². The van der Waals surface area contributed by atoms with Crippen molar-refractivity contribution in [2.24, 2.45) is 11.1 Å². The molecule has 0 atom stereocenters. The number of carbonyl (C=O) groups excluding carboxylic acids is 1. The average Bonchev–Trinajstić information content (AvgIpc) is 2.44. The van der Waals surface area contributed by atoms with Gasteiger partial charge >= 0.3 is 0 Å². The van der Waals surface area contributed by atoms with E-state index in [4.69, 9.17) is 5.73 Å². The summed E-state index contributed by atoms with van der Waals surface area (Å²) < 4.78 is 0. The highest BCUT2D eigenvalue weighted by Gasteiger charge is 2.34. The number of amides is 1. The van der Waals surface area contributed by atoms with Crippen molar-refractivity contribution in [1.82, 2.24) is 9.80 Å². The number of hydrogen-bond donors (Lipinski definition) is 1. The summed E-state index contributed by atoms with van der Waals surface area (Å²) in [5.74, 6) is 0.307. The minimum absolute atomic E-state index is 0.0828. The zero-order valence-corrected chi connectivity index (χ0v) is 13.7. The first-order valence-corrected chi connectivity index (χ1v) is 8.15. The molecule has 4 nitrogen and oxygen atoms in total. The molecule has 0 aromatic heterocycles. The van der Waals surface area contributed by atoms with Gasteiger partial charge in [-0.05, 0) is 45.3 Å². The Morgan fingerprint density at radius 1 is 1.10 bits per heavy atom. The van der Waals surface area contributed by atoms with E-state index in [1.54, 1.807) is 0 Å². The van der Waals surface area contributed by atoms with E-state index in [0.717, 1.165) is 38.9 Å². The Morgan fingerprint density at radius 3 is 2.25 bits per heavy atom. The minimum Gasteiger partial charge on any atom is -0.341 e. The van der Waals surface area contributed by atoms with Gasteiger partial charge in [0.25, 0.3) is 0 Å². The van der Waals surface area contributed by atoms with E-state index in [2.05, 4.69) is 25.9 Å². The molecule has 1 amide bonds. The Bertz CT molecular complexity index is 285. The van der Waals surface area contributed by atoms with Crippen LogP contribution in [0.25, 0.3) is 0 Å². The van der Waals surface area contributed by atoms with Crippen molar-refractivity contribution in [3.05, 3.63) is 0 Å². The fourth-order valence-electron chi connectivity index (χ4n) is 3.14. The second-order valence-electron chi connectivity index (χ2n) is 6.63. The lowest BCUT2D eigenvalue weighted by atomic mass is 9.71. The van der Waals surface area contributed by atoms with Crippen molar-refractivity contribution in [2.75, 3.05) is 40.3 Å². The summed E-state index contributed by atoms with van der Waals surface area (Å²) in [5, 5.41) is 0. The standard InChI is InChI=1S/C16H33N3O/c1-4-10-19(12-11-18(2)3)15(20)13-16(14-17)8-6-5-7-9-16/h4-14,17H2,1-3H3. The van der Waals surface area contributed by atoms with E-state index >= 15 is 0 Å². The number of hydrogen-bond acceptors (Lipinski definition) is 3. The highest BCUT2D eigenvalue weighted by molar-refractivity contribution is 5.77. The summed E-state index contributed by atoms with van der Waals surface area (Å²) in [5.41, 5.74) is 6.09. The predicted molar refractivity (Wildman–Crippen MR) is 84.6 cm³/mol. The summed E-state index contributed by atoms with van der Waals surface area (Å²) in [6.45, 7) is 5.43. The van der Waals surface area contributed by atoms with Gasteiger partial charge in [-0.1, -0.05) is 26.2 Å².